The van der Waals surface area contributed by atoms with Gasteiger partial charge in [-0.05, 0) is 78.6 Å². The molecule has 1 aromatic heterocycles. The first-order valence-corrected chi connectivity index (χ1v) is 9.78. The number of hydrogen-bond donors (Lipinski definition) is 1. The number of nitrogens with zero attached hydrogens (tertiary/aromatic N) is 4. The van der Waals surface area contributed by atoms with Crippen LogP contribution in [0.15, 0.2) is 47.6 Å². The van der Waals surface area contributed by atoms with E-state index in [4.69, 9.17) is 0 Å². The van der Waals surface area contributed by atoms with Crippen LogP contribution in [0.3, 0.4) is 0 Å². The smallest absolute Gasteiger partial charge is 0.237 e. The van der Waals surface area contributed by atoms with E-state index in [-0.39, 0.29) is 11.2 Å². The monoisotopic (exact) mass is 381 g/mol. The number of aryl methyl sites for hydroxylation is 3. The number of rotatable bonds is 6. The minimum Gasteiger partial charge on any atom is -0.325 e. The van der Waals surface area contributed by atoms with Crippen LogP contribution in [0.1, 0.15) is 30.5 Å². The number of nitrogens with one attached hydrogen (secondary N) is 1. The second-order valence-electron chi connectivity index (χ2n) is 6.44. The first-order chi connectivity index (χ1) is 13.0. The molecule has 1 atom stereocenters. The number of benzene rings is 2. The fraction of sp³-hybridized carbons (Fsp3) is 0.300. The number of tetrazole rings is 1. The summed E-state index contributed by atoms with van der Waals surface area (Å²) in [7, 11) is 0. The predicted molar refractivity (Wildman–Crippen MR) is 108 cm³/mol. The summed E-state index contributed by atoms with van der Waals surface area (Å²) < 4.78 is 1.66. The van der Waals surface area contributed by atoms with Gasteiger partial charge in [0.15, 0.2) is 0 Å². The van der Waals surface area contributed by atoms with Crippen LogP contribution in [0, 0.1) is 13.8 Å². The second kappa shape index (κ2) is 8.35. The van der Waals surface area contributed by atoms with E-state index in [1.54, 1.807) is 4.68 Å². The zero-order chi connectivity index (χ0) is 19.4. The Morgan fingerprint density at radius 3 is 2.56 bits per heavy atom. The third kappa shape index (κ3) is 4.54. The molecule has 0 bridgehead atoms. The van der Waals surface area contributed by atoms with Crippen LogP contribution in [0.4, 0.5) is 5.69 Å². The maximum absolute atomic E-state index is 12.5. The minimum absolute atomic E-state index is 0.0844. The third-order valence-electron chi connectivity index (χ3n) is 4.46. The molecule has 1 heterocycles. The molecule has 0 aliphatic heterocycles. The summed E-state index contributed by atoms with van der Waals surface area (Å²) in [4.78, 5) is 12.5. The Labute approximate surface area is 163 Å². The van der Waals surface area contributed by atoms with Crippen molar-refractivity contribution >= 4 is 23.4 Å². The Morgan fingerprint density at radius 2 is 1.89 bits per heavy atom. The van der Waals surface area contributed by atoms with Crippen LogP contribution in [-0.2, 0) is 11.2 Å². The first kappa shape index (κ1) is 19.1. The highest BCUT2D eigenvalue weighted by molar-refractivity contribution is 8.00. The molecular formula is C20H23N5OS. The predicted octanol–water partition coefficient (Wildman–Crippen LogP) is 3.96. The van der Waals surface area contributed by atoms with E-state index >= 15 is 0 Å². The second-order valence-corrected chi connectivity index (χ2v) is 7.75. The van der Waals surface area contributed by atoms with Crippen LogP contribution < -0.4 is 5.32 Å². The minimum atomic E-state index is -0.341. The van der Waals surface area contributed by atoms with Crippen molar-refractivity contribution in [3.05, 3.63) is 59.2 Å². The zero-order valence-electron chi connectivity index (χ0n) is 15.9. The van der Waals surface area contributed by atoms with Gasteiger partial charge in [-0.2, -0.15) is 4.68 Å². The Hall–Kier alpha value is -2.67. The summed E-state index contributed by atoms with van der Waals surface area (Å²) in [5.74, 6) is -0.0844. The molecule has 140 valence electrons. The lowest BCUT2D eigenvalue weighted by Crippen LogP contribution is -2.22. The van der Waals surface area contributed by atoms with Crippen LogP contribution in [0.25, 0.3) is 5.69 Å². The van der Waals surface area contributed by atoms with Crippen molar-refractivity contribution < 1.29 is 4.79 Å². The summed E-state index contributed by atoms with van der Waals surface area (Å²) in [5.41, 5.74) is 5.29. The Morgan fingerprint density at radius 1 is 1.15 bits per heavy atom. The van der Waals surface area contributed by atoms with E-state index in [0.29, 0.717) is 5.16 Å². The van der Waals surface area contributed by atoms with E-state index in [2.05, 4.69) is 41.6 Å². The number of carbonyl (C=O) groups excluding carboxylic acids is 1. The molecule has 1 amide bonds. The van der Waals surface area contributed by atoms with E-state index in [9.17, 15) is 4.79 Å². The summed E-state index contributed by atoms with van der Waals surface area (Å²) in [6.07, 6.45) is 0.974. The van der Waals surface area contributed by atoms with Gasteiger partial charge in [0.2, 0.25) is 11.1 Å². The largest absolute Gasteiger partial charge is 0.325 e. The van der Waals surface area contributed by atoms with Crippen molar-refractivity contribution in [2.45, 2.75) is 44.5 Å². The van der Waals surface area contributed by atoms with Crippen LogP contribution >= 0.6 is 11.8 Å². The zero-order valence-corrected chi connectivity index (χ0v) is 16.7. The van der Waals surface area contributed by atoms with Gasteiger partial charge in [0.1, 0.15) is 0 Å². The topological polar surface area (TPSA) is 72.7 Å². The van der Waals surface area contributed by atoms with Crippen molar-refractivity contribution in [3.63, 3.8) is 0 Å². The number of thioether (sulfide) groups is 1. The third-order valence-corrected chi connectivity index (χ3v) is 5.49. The molecule has 3 aromatic rings. The molecule has 1 N–H and O–H groups in total. The molecule has 0 aliphatic carbocycles. The first-order valence-electron chi connectivity index (χ1n) is 8.90. The molecule has 0 spiro atoms. The molecule has 0 saturated heterocycles. The highest BCUT2D eigenvalue weighted by Gasteiger charge is 2.19. The van der Waals surface area contributed by atoms with Gasteiger partial charge < -0.3 is 5.32 Å². The van der Waals surface area contributed by atoms with Crippen LogP contribution in [0.5, 0.6) is 0 Å². The van der Waals surface area contributed by atoms with Gasteiger partial charge in [0, 0.05) is 5.69 Å². The van der Waals surface area contributed by atoms with Crippen molar-refractivity contribution in [3.8, 4) is 5.69 Å². The molecule has 0 unspecified atom stereocenters. The van der Waals surface area contributed by atoms with Crippen molar-refractivity contribution in [1.29, 1.82) is 0 Å². The molecule has 0 saturated carbocycles. The van der Waals surface area contributed by atoms with Gasteiger partial charge >= 0.3 is 0 Å². The van der Waals surface area contributed by atoms with E-state index < -0.39 is 0 Å². The lowest BCUT2D eigenvalue weighted by Gasteiger charge is -2.12. The molecule has 27 heavy (non-hydrogen) atoms. The molecule has 0 fully saturated rings. The molecule has 0 aliphatic rings. The van der Waals surface area contributed by atoms with Gasteiger partial charge in [0.05, 0.1) is 10.9 Å². The molecule has 0 radical (unpaired) electrons. The van der Waals surface area contributed by atoms with E-state index in [1.807, 2.05) is 49.4 Å². The Kier molecular flexibility index (Phi) is 5.91. The van der Waals surface area contributed by atoms with Gasteiger partial charge in [-0.1, -0.05) is 36.9 Å². The summed E-state index contributed by atoms with van der Waals surface area (Å²) in [5, 5.41) is 15.1. The summed E-state index contributed by atoms with van der Waals surface area (Å²) >= 11 is 1.33. The highest BCUT2D eigenvalue weighted by Crippen LogP contribution is 2.25. The van der Waals surface area contributed by atoms with Gasteiger partial charge in [-0.3, -0.25) is 4.79 Å². The SMILES string of the molecule is CCc1ccc(NC(=O)[C@H](C)Sc2nnnn2-c2ccc(C)c(C)c2)cc1. The average Bonchev–Trinajstić information content (AvgIpc) is 3.12. The maximum Gasteiger partial charge on any atom is 0.237 e. The summed E-state index contributed by atoms with van der Waals surface area (Å²) in [6, 6.07) is 13.9. The van der Waals surface area contributed by atoms with Gasteiger partial charge in [0.25, 0.3) is 0 Å². The van der Waals surface area contributed by atoms with Crippen molar-refractivity contribution in [2.24, 2.45) is 0 Å². The van der Waals surface area contributed by atoms with Gasteiger partial charge in [-0.15, -0.1) is 5.10 Å². The lowest BCUT2D eigenvalue weighted by molar-refractivity contribution is -0.115. The van der Waals surface area contributed by atoms with Crippen molar-refractivity contribution in [1.82, 2.24) is 20.2 Å². The number of aromatic nitrogens is 4. The van der Waals surface area contributed by atoms with Crippen LogP contribution in [0.2, 0.25) is 0 Å². The molecule has 7 heteroatoms. The lowest BCUT2D eigenvalue weighted by atomic mass is 10.1. The molecular weight excluding hydrogens is 358 g/mol. The quantitative estimate of drug-likeness (QED) is 0.654. The molecule has 2 aromatic carbocycles. The normalized spacial score (nSPS) is 12.0. The molecule has 6 nitrogen and oxygen atoms in total. The number of anilines is 1. The van der Waals surface area contributed by atoms with E-state index in [0.717, 1.165) is 17.8 Å². The highest BCUT2D eigenvalue weighted by atomic mass is 32.2. The molecule has 3 rings (SSSR count). The number of amides is 1. The average molecular weight is 382 g/mol. The number of carbonyl (C=O) groups is 1. The van der Waals surface area contributed by atoms with Crippen LogP contribution in [-0.4, -0.2) is 31.4 Å². The standard InChI is InChI=1S/C20H23N5OS/c1-5-16-7-9-17(10-8-16)21-19(26)15(4)27-20-22-23-24-25(20)18-11-6-13(2)14(3)12-18/h6-12,15H,5H2,1-4H3,(H,21,26)/t15-/m0/s1. The summed E-state index contributed by atoms with van der Waals surface area (Å²) in [6.45, 7) is 8.07. The fourth-order valence-electron chi connectivity index (χ4n) is 2.55. The Bertz CT molecular complexity index is 936. The number of hydrogen-bond acceptors (Lipinski definition) is 5. The van der Waals surface area contributed by atoms with E-state index in [1.165, 1.54) is 28.5 Å². The van der Waals surface area contributed by atoms with Crippen molar-refractivity contribution in [2.75, 3.05) is 5.32 Å². The maximum atomic E-state index is 12.5. The Balaban J connectivity index is 1.70. The van der Waals surface area contributed by atoms with Gasteiger partial charge in [-0.25, -0.2) is 0 Å². The fourth-order valence-corrected chi connectivity index (χ4v) is 3.36.